The van der Waals surface area contributed by atoms with Crippen molar-refractivity contribution in [2.24, 2.45) is 0 Å². The van der Waals surface area contributed by atoms with E-state index in [0.717, 1.165) is 11.4 Å². The van der Waals surface area contributed by atoms with Gasteiger partial charge in [0.05, 0.1) is 16.4 Å². The summed E-state index contributed by atoms with van der Waals surface area (Å²) in [5.74, 6) is -0.371. The molecule has 0 aliphatic heterocycles. The minimum Gasteiger partial charge on any atom is -0.239 e. The molecule has 3 aromatic rings. The van der Waals surface area contributed by atoms with Crippen LogP contribution in [-0.2, 0) is 0 Å². The van der Waals surface area contributed by atoms with Crippen LogP contribution in [0.3, 0.4) is 0 Å². The smallest absolute Gasteiger partial charge is 0.132 e. The summed E-state index contributed by atoms with van der Waals surface area (Å²) >= 11 is 12.0. The van der Waals surface area contributed by atoms with Crippen LogP contribution in [0.2, 0.25) is 10.0 Å². The second-order valence-electron chi connectivity index (χ2n) is 4.65. The summed E-state index contributed by atoms with van der Waals surface area (Å²) in [5.41, 5.74) is 2.65. The summed E-state index contributed by atoms with van der Waals surface area (Å²) < 4.78 is 15.7. The van der Waals surface area contributed by atoms with Gasteiger partial charge in [-0.3, -0.25) is 0 Å². The lowest BCUT2D eigenvalue weighted by Crippen LogP contribution is -1.95. The molecule has 2 aromatic carbocycles. The van der Waals surface area contributed by atoms with Gasteiger partial charge in [0.25, 0.3) is 0 Å². The van der Waals surface area contributed by atoms with E-state index in [4.69, 9.17) is 23.2 Å². The highest BCUT2D eigenvalue weighted by Gasteiger charge is 2.13. The van der Waals surface area contributed by atoms with Gasteiger partial charge in [0.15, 0.2) is 0 Å². The molecule has 0 saturated heterocycles. The number of rotatable bonds is 2. The van der Waals surface area contributed by atoms with Gasteiger partial charge in [0.1, 0.15) is 5.82 Å². The van der Waals surface area contributed by atoms with Crippen molar-refractivity contribution in [2.45, 2.75) is 6.92 Å². The van der Waals surface area contributed by atoms with Gasteiger partial charge in [-0.25, -0.2) is 9.07 Å². The third-order valence-electron chi connectivity index (χ3n) is 3.22. The molecular formula is C16H11Cl2FN2. The molecule has 0 aliphatic rings. The molecule has 1 heterocycles. The number of aromatic nitrogens is 2. The van der Waals surface area contributed by atoms with E-state index in [-0.39, 0.29) is 5.82 Å². The molecule has 0 N–H and O–H groups in total. The lowest BCUT2D eigenvalue weighted by molar-refractivity contribution is 0.631. The fourth-order valence-corrected chi connectivity index (χ4v) is 2.57. The lowest BCUT2D eigenvalue weighted by atomic mass is 10.1. The Morgan fingerprint density at radius 2 is 1.81 bits per heavy atom. The van der Waals surface area contributed by atoms with Crippen LogP contribution in [0.5, 0.6) is 0 Å². The summed E-state index contributed by atoms with van der Waals surface area (Å²) in [6.07, 6.45) is 1.77. The van der Waals surface area contributed by atoms with Crippen LogP contribution in [0.25, 0.3) is 16.8 Å². The molecule has 3 rings (SSSR count). The van der Waals surface area contributed by atoms with E-state index in [1.807, 2.05) is 25.1 Å². The Kier molecular flexibility index (Phi) is 3.70. The van der Waals surface area contributed by atoms with Crippen molar-refractivity contribution in [2.75, 3.05) is 0 Å². The van der Waals surface area contributed by atoms with Gasteiger partial charge >= 0.3 is 0 Å². The molecule has 0 atom stereocenters. The van der Waals surface area contributed by atoms with Gasteiger partial charge < -0.3 is 0 Å². The summed E-state index contributed by atoms with van der Waals surface area (Å²) in [6.45, 7) is 1.83. The maximum absolute atomic E-state index is 14.1. The Labute approximate surface area is 131 Å². The van der Waals surface area contributed by atoms with Crippen LogP contribution < -0.4 is 0 Å². The molecule has 1 aromatic heterocycles. The first-order valence-electron chi connectivity index (χ1n) is 6.33. The van der Waals surface area contributed by atoms with Crippen molar-refractivity contribution >= 4 is 23.2 Å². The van der Waals surface area contributed by atoms with Crippen LogP contribution in [0.15, 0.2) is 48.7 Å². The molecule has 21 heavy (non-hydrogen) atoms. The Morgan fingerprint density at radius 3 is 2.52 bits per heavy atom. The first kappa shape index (κ1) is 14.1. The Balaban J connectivity index is 2.12. The van der Waals surface area contributed by atoms with Crippen LogP contribution in [-0.4, -0.2) is 9.78 Å². The zero-order chi connectivity index (χ0) is 15.0. The maximum atomic E-state index is 14.1. The number of para-hydroxylation sites is 1. The molecule has 106 valence electrons. The molecule has 0 fully saturated rings. The van der Waals surface area contributed by atoms with Crippen molar-refractivity contribution in [3.8, 4) is 16.8 Å². The average molecular weight is 321 g/mol. The van der Waals surface area contributed by atoms with Gasteiger partial charge in [-0.1, -0.05) is 35.3 Å². The summed E-state index contributed by atoms with van der Waals surface area (Å²) in [6, 6.07) is 12.0. The predicted molar refractivity (Wildman–Crippen MR) is 83.7 cm³/mol. The van der Waals surface area contributed by atoms with E-state index in [0.29, 0.717) is 21.2 Å². The molecule has 2 nitrogen and oxygen atoms in total. The highest BCUT2D eigenvalue weighted by atomic mass is 35.5. The van der Waals surface area contributed by atoms with Crippen LogP contribution in [0, 0.1) is 12.7 Å². The molecule has 0 unspecified atom stereocenters. The van der Waals surface area contributed by atoms with Crippen molar-refractivity contribution in [3.05, 3.63) is 70.2 Å². The van der Waals surface area contributed by atoms with E-state index < -0.39 is 0 Å². The Morgan fingerprint density at radius 1 is 1.05 bits per heavy atom. The minimum absolute atomic E-state index is 0.368. The normalized spacial score (nSPS) is 10.9. The molecule has 0 spiro atoms. The number of aryl methyl sites for hydroxylation is 1. The third kappa shape index (κ3) is 2.67. The SMILES string of the molecule is Cc1nn(-c2ccccc2Cl)cc1-c1ccc(Cl)cc1F. The first-order valence-corrected chi connectivity index (χ1v) is 7.08. The fraction of sp³-hybridized carbons (Fsp3) is 0.0625. The number of benzene rings is 2. The van der Waals surface area contributed by atoms with Crippen LogP contribution in [0.4, 0.5) is 4.39 Å². The largest absolute Gasteiger partial charge is 0.239 e. The van der Waals surface area contributed by atoms with Crippen molar-refractivity contribution < 1.29 is 4.39 Å². The highest BCUT2D eigenvalue weighted by molar-refractivity contribution is 6.32. The minimum atomic E-state index is -0.371. The molecule has 5 heteroatoms. The third-order valence-corrected chi connectivity index (χ3v) is 3.77. The quantitative estimate of drug-likeness (QED) is 0.627. The summed E-state index contributed by atoms with van der Waals surface area (Å²) in [7, 11) is 0. The Bertz CT molecular complexity index is 812. The molecule has 0 bridgehead atoms. The first-order chi connectivity index (χ1) is 10.1. The van der Waals surface area contributed by atoms with Gasteiger partial charge in [0, 0.05) is 22.3 Å². The number of hydrogen-bond donors (Lipinski definition) is 0. The maximum Gasteiger partial charge on any atom is 0.132 e. The van der Waals surface area contributed by atoms with E-state index in [2.05, 4.69) is 5.10 Å². The predicted octanol–water partition coefficient (Wildman–Crippen LogP) is 5.29. The van der Waals surface area contributed by atoms with E-state index in [1.54, 1.807) is 29.1 Å². The molecule has 0 aliphatic carbocycles. The topological polar surface area (TPSA) is 17.8 Å². The molecule has 0 amide bonds. The van der Waals surface area contributed by atoms with Gasteiger partial charge in [0.2, 0.25) is 0 Å². The zero-order valence-corrected chi connectivity index (χ0v) is 12.7. The second kappa shape index (κ2) is 5.51. The van der Waals surface area contributed by atoms with E-state index in [9.17, 15) is 4.39 Å². The number of nitrogens with zero attached hydrogens (tertiary/aromatic N) is 2. The zero-order valence-electron chi connectivity index (χ0n) is 11.1. The van der Waals surface area contributed by atoms with Crippen molar-refractivity contribution in [3.63, 3.8) is 0 Å². The second-order valence-corrected chi connectivity index (χ2v) is 5.49. The van der Waals surface area contributed by atoms with Crippen LogP contribution >= 0.6 is 23.2 Å². The molecule has 0 saturated carbocycles. The summed E-state index contributed by atoms with van der Waals surface area (Å²) in [4.78, 5) is 0. The standard InChI is InChI=1S/C16H11Cl2FN2/c1-10-13(12-7-6-11(17)8-15(12)19)9-21(20-10)16-5-3-2-4-14(16)18/h2-9H,1H3. The molecular weight excluding hydrogens is 310 g/mol. The number of halogens is 3. The van der Waals surface area contributed by atoms with Crippen molar-refractivity contribution in [1.29, 1.82) is 0 Å². The number of hydrogen-bond acceptors (Lipinski definition) is 1. The van der Waals surface area contributed by atoms with Gasteiger partial charge in [-0.2, -0.15) is 5.10 Å². The van der Waals surface area contributed by atoms with Crippen LogP contribution in [0.1, 0.15) is 5.69 Å². The van der Waals surface area contributed by atoms with Crippen molar-refractivity contribution in [1.82, 2.24) is 9.78 Å². The van der Waals surface area contributed by atoms with Gasteiger partial charge in [-0.15, -0.1) is 0 Å². The van der Waals surface area contributed by atoms with E-state index in [1.165, 1.54) is 6.07 Å². The summed E-state index contributed by atoms with van der Waals surface area (Å²) in [5, 5.41) is 5.37. The lowest BCUT2D eigenvalue weighted by Gasteiger charge is -2.03. The highest BCUT2D eigenvalue weighted by Crippen LogP contribution is 2.29. The fourth-order valence-electron chi connectivity index (χ4n) is 2.19. The van der Waals surface area contributed by atoms with E-state index >= 15 is 0 Å². The monoisotopic (exact) mass is 320 g/mol. The van der Waals surface area contributed by atoms with Gasteiger partial charge in [-0.05, 0) is 37.3 Å². The average Bonchev–Trinajstić information content (AvgIpc) is 2.81. The molecule has 0 radical (unpaired) electrons. The Hall–Kier alpha value is -1.84.